The van der Waals surface area contributed by atoms with Crippen molar-refractivity contribution in [1.82, 2.24) is 9.88 Å². The predicted octanol–water partition coefficient (Wildman–Crippen LogP) is 0.765. The minimum Gasteiger partial charge on any atom is -0.358 e. The highest BCUT2D eigenvalue weighted by Crippen LogP contribution is 2.18. The van der Waals surface area contributed by atoms with Gasteiger partial charge in [0, 0.05) is 19.2 Å². The summed E-state index contributed by atoms with van der Waals surface area (Å²) in [6.45, 7) is 1.85. The lowest BCUT2D eigenvalue weighted by Crippen LogP contribution is -2.30. The van der Waals surface area contributed by atoms with Crippen LogP contribution >= 0.6 is 12.4 Å². The van der Waals surface area contributed by atoms with Crippen LogP contribution in [0.25, 0.3) is 0 Å². The summed E-state index contributed by atoms with van der Waals surface area (Å²) in [7, 11) is 0. The second kappa shape index (κ2) is 5.83. The predicted molar refractivity (Wildman–Crippen MR) is 67.8 cm³/mol. The third kappa shape index (κ3) is 2.80. The summed E-state index contributed by atoms with van der Waals surface area (Å²) in [4.78, 5) is 26.1. The van der Waals surface area contributed by atoms with E-state index in [1.54, 1.807) is 4.90 Å². The highest BCUT2D eigenvalue weighted by Gasteiger charge is 2.28. The molecule has 1 aliphatic heterocycles. The molecule has 18 heavy (non-hydrogen) atoms. The summed E-state index contributed by atoms with van der Waals surface area (Å²) in [5.74, 6) is -0.0270. The molecular weight excluding hydrogens is 260 g/mol. The summed E-state index contributed by atoms with van der Waals surface area (Å²) in [6.07, 6.45) is 0.894. The first-order valence-electron chi connectivity index (χ1n) is 5.44. The normalized spacial score (nSPS) is 18.5. The number of nitrogens with two attached hydrogens (primary N) is 1. The van der Waals surface area contributed by atoms with Gasteiger partial charge < -0.3 is 20.7 Å². The van der Waals surface area contributed by atoms with Gasteiger partial charge in [0.1, 0.15) is 0 Å². The number of carbonyl (C=O) groups is 1. The van der Waals surface area contributed by atoms with Crippen LogP contribution in [0.1, 0.15) is 16.9 Å². The molecule has 1 aromatic heterocycles. The van der Waals surface area contributed by atoms with Crippen molar-refractivity contribution >= 4 is 24.1 Å². The number of hydrogen-bond donors (Lipinski definition) is 2. The lowest BCUT2D eigenvalue weighted by Gasteiger charge is -2.13. The van der Waals surface area contributed by atoms with Crippen LogP contribution < -0.4 is 5.73 Å². The van der Waals surface area contributed by atoms with Gasteiger partial charge in [0.25, 0.3) is 5.91 Å². The second-order valence-electron chi connectivity index (χ2n) is 4.16. The molecule has 8 heteroatoms. The monoisotopic (exact) mass is 274 g/mol. The standard InChI is InChI=1S/C10H14N4O3.ClH/c11-5-7-3-4-13(6-7)10(15)8-1-2-9(12-8)14(16)17;/h1-2,7,12H,3-6,11H2;1H. The number of H-pyrrole nitrogens is 1. The molecule has 2 heterocycles. The Morgan fingerprint density at radius 3 is 2.83 bits per heavy atom. The Bertz CT molecular complexity index is 448. The van der Waals surface area contributed by atoms with E-state index in [1.165, 1.54) is 12.1 Å². The van der Waals surface area contributed by atoms with E-state index in [4.69, 9.17) is 5.73 Å². The Labute approximate surface area is 110 Å². The molecule has 3 N–H and O–H groups in total. The number of rotatable bonds is 3. The maximum atomic E-state index is 12.0. The molecule has 0 spiro atoms. The van der Waals surface area contributed by atoms with E-state index in [9.17, 15) is 14.9 Å². The van der Waals surface area contributed by atoms with E-state index in [1.807, 2.05) is 0 Å². The Balaban J connectivity index is 0.00000162. The van der Waals surface area contributed by atoms with Crippen LogP contribution in [0.4, 0.5) is 5.82 Å². The van der Waals surface area contributed by atoms with Crippen molar-refractivity contribution in [3.8, 4) is 0 Å². The first kappa shape index (κ1) is 14.5. The number of halogens is 1. The van der Waals surface area contributed by atoms with Crippen molar-refractivity contribution in [1.29, 1.82) is 0 Å². The number of aromatic amines is 1. The van der Waals surface area contributed by atoms with E-state index in [2.05, 4.69) is 4.98 Å². The van der Waals surface area contributed by atoms with Gasteiger partial charge >= 0.3 is 5.82 Å². The molecular formula is C10H15ClN4O3. The molecule has 0 bridgehead atoms. The molecule has 0 radical (unpaired) electrons. The third-order valence-electron chi connectivity index (χ3n) is 3.00. The van der Waals surface area contributed by atoms with Gasteiger partial charge in [0.2, 0.25) is 0 Å². The zero-order valence-electron chi connectivity index (χ0n) is 9.67. The first-order valence-corrected chi connectivity index (χ1v) is 5.44. The minimum atomic E-state index is -0.552. The van der Waals surface area contributed by atoms with Crippen molar-refractivity contribution in [3.05, 3.63) is 27.9 Å². The van der Waals surface area contributed by atoms with Crippen molar-refractivity contribution < 1.29 is 9.72 Å². The average Bonchev–Trinajstić information content (AvgIpc) is 2.97. The molecule has 1 unspecified atom stereocenters. The Morgan fingerprint density at radius 2 is 2.33 bits per heavy atom. The molecule has 1 atom stereocenters. The molecule has 1 fully saturated rings. The lowest BCUT2D eigenvalue weighted by molar-refractivity contribution is -0.389. The molecule has 0 saturated carbocycles. The fourth-order valence-corrected chi connectivity index (χ4v) is 1.99. The van der Waals surface area contributed by atoms with Crippen LogP contribution in [0.2, 0.25) is 0 Å². The van der Waals surface area contributed by atoms with Crippen LogP contribution in [0, 0.1) is 16.0 Å². The van der Waals surface area contributed by atoms with Gasteiger partial charge in [-0.1, -0.05) is 0 Å². The summed E-state index contributed by atoms with van der Waals surface area (Å²) < 4.78 is 0. The molecule has 0 aromatic carbocycles. The van der Waals surface area contributed by atoms with E-state index < -0.39 is 4.92 Å². The molecule has 1 aliphatic rings. The van der Waals surface area contributed by atoms with Crippen LogP contribution in [-0.2, 0) is 0 Å². The summed E-state index contributed by atoms with van der Waals surface area (Å²) in [6, 6.07) is 2.74. The van der Waals surface area contributed by atoms with Crippen molar-refractivity contribution in [2.45, 2.75) is 6.42 Å². The van der Waals surface area contributed by atoms with Crippen molar-refractivity contribution in [2.75, 3.05) is 19.6 Å². The number of nitrogens with one attached hydrogen (secondary N) is 1. The first-order chi connectivity index (χ1) is 8.11. The van der Waals surface area contributed by atoms with E-state index in [-0.39, 0.29) is 29.8 Å². The Morgan fingerprint density at radius 1 is 1.61 bits per heavy atom. The minimum absolute atomic E-state index is 0. The van der Waals surface area contributed by atoms with Crippen LogP contribution in [-0.4, -0.2) is 40.3 Å². The fourth-order valence-electron chi connectivity index (χ4n) is 1.99. The molecule has 1 saturated heterocycles. The Kier molecular flexibility index (Phi) is 4.69. The average molecular weight is 275 g/mol. The van der Waals surface area contributed by atoms with Crippen molar-refractivity contribution in [2.24, 2.45) is 11.7 Å². The summed E-state index contributed by atoms with van der Waals surface area (Å²) >= 11 is 0. The van der Waals surface area contributed by atoms with E-state index in [0.29, 0.717) is 25.6 Å². The lowest BCUT2D eigenvalue weighted by atomic mass is 10.1. The van der Waals surface area contributed by atoms with Crippen molar-refractivity contribution in [3.63, 3.8) is 0 Å². The van der Waals surface area contributed by atoms with Gasteiger partial charge in [-0.25, -0.2) is 4.98 Å². The second-order valence-corrected chi connectivity index (χ2v) is 4.16. The van der Waals surface area contributed by atoms with Gasteiger partial charge in [-0.05, 0) is 29.9 Å². The zero-order valence-corrected chi connectivity index (χ0v) is 10.5. The SMILES string of the molecule is Cl.NCC1CCN(C(=O)c2ccc([N+](=O)[O-])[nH]2)C1. The highest BCUT2D eigenvalue weighted by atomic mass is 35.5. The van der Waals surface area contributed by atoms with E-state index in [0.717, 1.165) is 6.42 Å². The number of likely N-dealkylation sites (tertiary alicyclic amines) is 1. The third-order valence-corrected chi connectivity index (χ3v) is 3.00. The number of nitrogens with zero attached hydrogens (tertiary/aromatic N) is 2. The molecule has 7 nitrogen and oxygen atoms in total. The van der Waals surface area contributed by atoms with Crippen LogP contribution in [0.3, 0.4) is 0 Å². The maximum absolute atomic E-state index is 12.0. The largest absolute Gasteiger partial charge is 0.358 e. The highest BCUT2D eigenvalue weighted by molar-refractivity contribution is 5.93. The molecule has 1 aromatic rings. The smallest absolute Gasteiger partial charge is 0.321 e. The van der Waals surface area contributed by atoms with Gasteiger partial charge in [-0.2, -0.15) is 0 Å². The molecule has 0 aliphatic carbocycles. The Hall–Kier alpha value is -1.60. The zero-order chi connectivity index (χ0) is 12.4. The van der Waals surface area contributed by atoms with E-state index >= 15 is 0 Å². The van der Waals surface area contributed by atoms with Gasteiger partial charge in [-0.3, -0.25) is 4.79 Å². The van der Waals surface area contributed by atoms with Gasteiger partial charge in [0.05, 0.1) is 0 Å². The summed E-state index contributed by atoms with van der Waals surface area (Å²) in [5.41, 5.74) is 5.80. The number of hydrogen-bond acceptors (Lipinski definition) is 4. The van der Waals surface area contributed by atoms with Crippen LogP contribution in [0.5, 0.6) is 0 Å². The molecule has 1 amide bonds. The number of nitro groups is 1. The number of aromatic nitrogens is 1. The number of amides is 1. The number of carbonyl (C=O) groups excluding carboxylic acids is 1. The van der Waals surface area contributed by atoms with Gasteiger partial charge in [-0.15, -0.1) is 12.4 Å². The van der Waals surface area contributed by atoms with Gasteiger partial charge in [0.15, 0.2) is 5.69 Å². The topological polar surface area (TPSA) is 105 Å². The molecule has 100 valence electrons. The molecule has 2 rings (SSSR count). The van der Waals surface area contributed by atoms with Crippen LogP contribution in [0.15, 0.2) is 12.1 Å². The summed E-state index contributed by atoms with van der Waals surface area (Å²) in [5, 5.41) is 10.5. The quantitative estimate of drug-likeness (QED) is 0.627. The fraction of sp³-hybridized carbons (Fsp3) is 0.500. The maximum Gasteiger partial charge on any atom is 0.321 e.